The molecular formula is C10H15FN4O. The van der Waals surface area contributed by atoms with Crippen LogP contribution in [-0.4, -0.2) is 30.1 Å². The zero-order valence-electron chi connectivity index (χ0n) is 9.24. The molecule has 0 bridgehead atoms. The van der Waals surface area contributed by atoms with Crippen LogP contribution in [0.15, 0.2) is 23.4 Å². The van der Waals surface area contributed by atoms with E-state index in [-0.39, 0.29) is 5.84 Å². The largest absolute Gasteiger partial charge is 0.409 e. The van der Waals surface area contributed by atoms with Gasteiger partial charge in [-0.2, -0.15) is 0 Å². The van der Waals surface area contributed by atoms with Gasteiger partial charge in [-0.1, -0.05) is 11.2 Å². The average molecular weight is 226 g/mol. The van der Waals surface area contributed by atoms with Gasteiger partial charge in [-0.3, -0.25) is 10.4 Å². The van der Waals surface area contributed by atoms with E-state index in [0.29, 0.717) is 12.1 Å². The first-order chi connectivity index (χ1) is 7.54. The SMILES string of the molecule is CN(C)NCc1ccc(F)cc1/C(N)=N/O. The maximum atomic E-state index is 13.0. The third-order valence-electron chi connectivity index (χ3n) is 2.04. The molecule has 0 saturated carbocycles. The molecule has 0 saturated heterocycles. The number of hydrogen-bond donors (Lipinski definition) is 3. The number of hydrazine groups is 1. The number of amidine groups is 1. The molecule has 1 rings (SSSR count). The Hall–Kier alpha value is -1.66. The molecule has 6 heteroatoms. The van der Waals surface area contributed by atoms with Gasteiger partial charge in [-0.05, 0) is 17.7 Å². The van der Waals surface area contributed by atoms with E-state index in [1.165, 1.54) is 12.1 Å². The van der Waals surface area contributed by atoms with E-state index in [9.17, 15) is 4.39 Å². The molecule has 1 aromatic carbocycles. The Balaban J connectivity index is 2.98. The van der Waals surface area contributed by atoms with Gasteiger partial charge in [0, 0.05) is 26.2 Å². The number of rotatable bonds is 4. The van der Waals surface area contributed by atoms with Crippen molar-refractivity contribution in [3.05, 3.63) is 35.1 Å². The normalized spacial score (nSPS) is 12.1. The number of hydrogen-bond acceptors (Lipinski definition) is 4. The zero-order valence-corrected chi connectivity index (χ0v) is 9.24. The number of nitrogens with zero attached hydrogens (tertiary/aromatic N) is 2. The van der Waals surface area contributed by atoms with E-state index in [1.807, 2.05) is 14.1 Å². The molecule has 0 unspecified atom stereocenters. The minimum atomic E-state index is -0.421. The summed E-state index contributed by atoms with van der Waals surface area (Å²) in [6.07, 6.45) is 0. The van der Waals surface area contributed by atoms with Crippen molar-refractivity contribution in [3.8, 4) is 0 Å². The highest BCUT2D eigenvalue weighted by atomic mass is 19.1. The van der Waals surface area contributed by atoms with Gasteiger partial charge < -0.3 is 10.9 Å². The van der Waals surface area contributed by atoms with Crippen LogP contribution in [0, 0.1) is 5.82 Å². The predicted octanol–water partition coefficient (Wildman–Crippen LogP) is 0.486. The van der Waals surface area contributed by atoms with Gasteiger partial charge >= 0.3 is 0 Å². The minimum absolute atomic E-state index is 0.102. The van der Waals surface area contributed by atoms with Crippen LogP contribution in [0.5, 0.6) is 0 Å². The van der Waals surface area contributed by atoms with E-state index in [4.69, 9.17) is 10.9 Å². The summed E-state index contributed by atoms with van der Waals surface area (Å²) in [5, 5.41) is 13.2. The fraction of sp³-hybridized carbons (Fsp3) is 0.300. The van der Waals surface area contributed by atoms with Crippen molar-refractivity contribution in [2.24, 2.45) is 10.9 Å². The Morgan fingerprint density at radius 1 is 1.56 bits per heavy atom. The fourth-order valence-electron chi connectivity index (χ4n) is 1.24. The smallest absolute Gasteiger partial charge is 0.170 e. The minimum Gasteiger partial charge on any atom is -0.409 e. The van der Waals surface area contributed by atoms with Crippen LogP contribution in [0.25, 0.3) is 0 Å². The first-order valence-electron chi connectivity index (χ1n) is 4.71. The van der Waals surface area contributed by atoms with E-state index >= 15 is 0 Å². The lowest BCUT2D eigenvalue weighted by molar-refractivity contribution is 0.285. The number of nitrogens with one attached hydrogen (secondary N) is 1. The molecule has 0 amide bonds. The van der Waals surface area contributed by atoms with Gasteiger partial charge in [-0.15, -0.1) is 0 Å². The summed E-state index contributed by atoms with van der Waals surface area (Å²) in [5.74, 6) is -0.523. The molecule has 4 N–H and O–H groups in total. The molecule has 0 heterocycles. The molecule has 0 spiro atoms. The second-order valence-electron chi connectivity index (χ2n) is 3.52. The summed E-state index contributed by atoms with van der Waals surface area (Å²) in [5.41, 5.74) is 9.62. The summed E-state index contributed by atoms with van der Waals surface area (Å²) in [7, 11) is 3.68. The zero-order chi connectivity index (χ0) is 12.1. The molecule has 16 heavy (non-hydrogen) atoms. The Kier molecular flexibility index (Phi) is 4.21. The molecule has 5 nitrogen and oxygen atoms in total. The fourth-order valence-corrected chi connectivity index (χ4v) is 1.24. The van der Waals surface area contributed by atoms with Gasteiger partial charge in [0.1, 0.15) is 5.82 Å². The summed E-state index contributed by atoms with van der Waals surface area (Å²) in [6.45, 7) is 0.471. The Labute approximate surface area is 93.3 Å². The van der Waals surface area contributed by atoms with Crippen molar-refractivity contribution in [1.29, 1.82) is 0 Å². The molecule has 1 aromatic rings. The molecule has 0 aliphatic rings. The third kappa shape index (κ3) is 3.18. The summed E-state index contributed by atoms with van der Waals surface area (Å²) >= 11 is 0. The van der Waals surface area contributed by atoms with Crippen LogP contribution < -0.4 is 11.2 Å². The number of benzene rings is 1. The molecule has 0 aliphatic carbocycles. The second kappa shape index (κ2) is 5.43. The van der Waals surface area contributed by atoms with Crippen LogP contribution in [0.4, 0.5) is 4.39 Å². The van der Waals surface area contributed by atoms with Crippen molar-refractivity contribution in [2.75, 3.05) is 14.1 Å². The molecule has 0 atom stereocenters. The molecule has 0 aliphatic heterocycles. The van der Waals surface area contributed by atoms with Crippen LogP contribution in [-0.2, 0) is 6.54 Å². The van der Waals surface area contributed by atoms with Crippen LogP contribution in [0.2, 0.25) is 0 Å². The van der Waals surface area contributed by atoms with Crippen molar-refractivity contribution in [1.82, 2.24) is 10.4 Å². The van der Waals surface area contributed by atoms with E-state index in [2.05, 4.69) is 10.6 Å². The highest BCUT2D eigenvalue weighted by Gasteiger charge is 2.08. The molecule has 0 aromatic heterocycles. The Morgan fingerprint density at radius 3 is 2.81 bits per heavy atom. The predicted molar refractivity (Wildman–Crippen MR) is 59.4 cm³/mol. The lowest BCUT2D eigenvalue weighted by atomic mass is 10.1. The molecular weight excluding hydrogens is 211 g/mol. The average Bonchev–Trinajstić information content (AvgIpc) is 2.26. The van der Waals surface area contributed by atoms with E-state index in [0.717, 1.165) is 5.56 Å². The third-order valence-corrected chi connectivity index (χ3v) is 2.04. The highest BCUT2D eigenvalue weighted by Crippen LogP contribution is 2.11. The van der Waals surface area contributed by atoms with Gasteiger partial charge in [0.05, 0.1) is 0 Å². The lowest BCUT2D eigenvalue weighted by Crippen LogP contribution is -2.30. The standard InChI is InChI=1S/C10H15FN4O/c1-15(2)13-6-7-3-4-8(11)5-9(7)10(12)14-16/h3-5,13,16H,6H2,1-2H3,(H2,12,14). The quantitative estimate of drug-likeness (QED) is 0.302. The highest BCUT2D eigenvalue weighted by molar-refractivity contribution is 5.98. The monoisotopic (exact) mass is 226 g/mol. The van der Waals surface area contributed by atoms with Crippen LogP contribution >= 0.6 is 0 Å². The molecule has 0 radical (unpaired) electrons. The summed E-state index contributed by atoms with van der Waals surface area (Å²) < 4.78 is 13.0. The second-order valence-corrected chi connectivity index (χ2v) is 3.52. The number of oxime groups is 1. The molecule has 88 valence electrons. The molecule has 0 fully saturated rings. The van der Waals surface area contributed by atoms with E-state index in [1.54, 1.807) is 11.1 Å². The van der Waals surface area contributed by atoms with E-state index < -0.39 is 5.82 Å². The Bertz CT molecular complexity index is 392. The summed E-state index contributed by atoms with van der Waals surface area (Å²) in [6, 6.07) is 4.17. The van der Waals surface area contributed by atoms with Crippen molar-refractivity contribution < 1.29 is 9.60 Å². The first kappa shape index (κ1) is 12.4. The van der Waals surface area contributed by atoms with Gasteiger partial charge in [-0.25, -0.2) is 4.39 Å². The van der Waals surface area contributed by atoms with Crippen LogP contribution in [0.3, 0.4) is 0 Å². The first-order valence-corrected chi connectivity index (χ1v) is 4.71. The van der Waals surface area contributed by atoms with Crippen molar-refractivity contribution in [2.45, 2.75) is 6.54 Å². The Morgan fingerprint density at radius 2 is 2.25 bits per heavy atom. The van der Waals surface area contributed by atoms with Gasteiger partial charge in [0.2, 0.25) is 0 Å². The topological polar surface area (TPSA) is 73.9 Å². The number of halogens is 1. The maximum Gasteiger partial charge on any atom is 0.170 e. The van der Waals surface area contributed by atoms with Crippen molar-refractivity contribution >= 4 is 5.84 Å². The summed E-state index contributed by atoms with van der Waals surface area (Å²) in [4.78, 5) is 0. The maximum absolute atomic E-state index is 13.0. The van der Waals surface area contributed by atoms with Crippen LogP contribution in [0.1, 0.15) is 11.1 Å². The van der Waals surface area contributed by atoms with Gasteiger partial charge in [0.25, 0.3) is 0 Å². The van der Waals surface area contributed by atoms with Crippen molar-refractivity contribution in [3.63, 3.8) is 0 Å². The van der Waals surface area contributed by atoms with Gasteiger partial charge in [0.15, 0.2) is 5.84 Å². The number of nitrogens with two attached hydrogens (primary N) is 1. The lowest BCUT2D eigenvalue weighted by Gasteiger charge is -2.14.